The van der Waals surface area contributed by atoms with Crippen LogP contribution in [0.3, 0.4) is 0 Å². The van der Waals surface area contributed by atoms with Crippen LogP contribution < -0.4 is 5.32 Å². The van der Waals surface area contributed by atoms with Gasteiger partial charge in [-0.1, -0.05) is 36.6 Å². The Morgan fingerprint density at radius 3 is 2.43 bits per heavy atom. The van der Waals surface area contributed by atoms with Crippen molar-refractivity contribution in [2.75, 3.05) is 6.54 Å². The molecule has 1 saturated carbocycles. The molecule has 0 unspecified atom stereocenters. The van der Waals surface area contributed by atoms with E-state index >= 15 is 0 Å². The Hall–Kier alpha value is -2.15. The molecule has 1 aliphatic carbocycles. The molecule has 1 N–H and O–H groups in total. The number of rotatable bonds is 5. The Morgan fingerprint density at radius 2 is 1.82 bits per heavy atom. The predicted molar refractivity (Wildman–Crippen MR) is 100 cm³/mol. The van der Waals surface area contributed by atoms with Crippen molar-refractivity contribution in [1.82, 2.24) is 15.3 Å². The highest BCUT2D eigenvalue weighted by Gasteiger charge is 2.42. The molecule has 0 saturated heterocycles. The number of nitrogens with zero attached hydrogens (tertiary/aromatic N) is 2. The lowest BCUT2D eigenvalue weighted by molar-refractivity contribution is -0.141. The molecule has 0 bridgehead atoms. The van der Waals surface area contributed by atoms with Gasteiger partial charge in [0.2, 0.25) is 5.91 Å². The topological polar surface area (TPSA) is 54.9 Å². The fourth-order valence-electron chi connectivity index (χ4n) is 3.74. The Labute approximate surface area is 166 Å². The molecule has 0 atom stereocenters. The van der Waals surface area contributed by atoms with Gasteiger partial charge in [-0.25, -0.2) is 9.97 Å². The maximum atomic E-state index is 13.0. The quantitative estimate of drug-likeness (QED) is 0.780. The Balaban J connectivity index is 1.69. The van der Waals surface area contributed by atoms with Crippen LogP contribution in [0.15, 0.2) is 30.3 Å². The van der Waals surface area contributed by atoms with Crippen molar-refractivity contribution in [3.63, 3.8) is 0 Å². The molecule has 0 radical (unpaired) electrons. The zero-order chi connectivity index (χ0) is 20.4. The third-order valence-electron chi connectivity index (χ3n) is 5.11. The van der Waals surface area contributed by atoms with E-state index in [1.807, 2.05) is 12.1 Å². The van der Waals surface area contributed by atoms with E-state index < -0.39 is 17.3 Å². The first-order chi connectivity index (χ1) is 13.2. The highest BCUT2D eigenvalue weighted by molar-refractivity contribution is 6.30. The molecule has 3 rings (SSSR count). The molecule has 1 heterocycles. The van der Waals surface area contributed by atoms with E-state index in [4.69, 9.17) is 11.6 Å². The molecule has 8 heteroatoms. The average molecular weight is 412 g/mol. The van der Waals surface area contributed by atoms with Crippen molar-refractivity contribution in [1.29, 1.82) is 0 Å². The first-order valence-electron chi connectivity index (χ1n) is 9.17. The van der Waals surface area contributed by atoms with E-state index in [1.165, 1.54) is 6.92 Å². The zero-order valence-electron chi connectivity index (χ0n) is 15.4. The summed E-state index contributed by atoms with van der Waals surface area (Å²) in [6.07, 6.45) is -1.02. The van der Waals surface area contributed by atoms with Crippen LogP contribution in [0.5, 0.6) is 0 Å². The molecule has 0 spiro atoms. The van der Waals surface area contributed by atoms with Gasteiger partial charge in [0, 0.05) is 23.7 Å². The van der Waals surface area contributed by atoms with E-state index in [-0.39, 0.29) is 30.4 Å². The lowest BCUT2D eigenvalue weighted by atomic mass is 9.78. The van der Waals surface area contributed by atoms with Crippen LogP contribution in [0.2, 0.25) is 5.02 Å². The predicted octanol–water partition coefficient (Wildman–Crippen LogP) is 4.63. The van der Waals surface area contributed by atoms with Crippen LogP contribution >= 0.6 is 11.6 Å². The van der Waals surface area contributed by atoms with Gasteiger partial charge in [-0.2, -0.15) is 13.2 Å². The molecule has 150 valence electrons. The van der Waals surface area contributed by atoms with Gasteiger partial charge in [-0.3, -0.25) is 4.79 Å². The first-order valence-corrected chi connectivity index (χ1v) is 9.55. The summed E-state index contributed by atoms with van der Waals surface area (Å²) < 4.78 is 38.7. The molecule has 1 aliphatic rings. The van der Waals surface area contributed by atoms with E-state index in [0.717, 1.165) is 37.3 Å². The number of nitrogens with one attached hydrogen (secondary N) is 1. The number of alkyl halides is 3. The smallest absolute Gasteiger partial charge is 0.355 e. The molecule has 1 amide bonds. The first kappa shape index (κ1) is 20.6. The standard InChI is InChI=1S/C20H21ClF3N3O/c1-13-12-16(20(22,23)24)27-17(26-13)8-11-25-18(28)19(9-2-3-10-19)14-4-6-15(21)7-5-14/h4-7,12H,2-3,8-11H2,1H3,(H,25,28). The number of halogens is 4. The number of carbonyl (C=O) groups excluding carboxylic acids is 1. The highest BCUT2D eigenvalue weighted by Crippen LogP contribution is 2.41. The minimum atomic E-state index is -4.52. The fourth-order valence-corrected chi connectivity index (χ4v) is 3.86. The van der Waals surface area contributed by atoms with Crippen LogP contribution in [0.25, 0.3) is 0 Å². The Morgan fingerprint density at radius 1 is 1.18 bits per heavy atom. The minimum Gasteiger partial charge on any atom is -0.355 e. The highest BCUT2D eigenvalue weighted by atomic mass is 35.5. The number of aromatic nitrogens is 2. The van der Waals surface area contributed by atoms with Crippen molar-refractivity contribution in [2.24, 2.45) is 0 Å². The second kappa shape index (κ2) is 8.07. The number of hydrogen-bond acceptors (Lipinski definition) is 3. The SMILES string of the molecule is Cc1cc(C(F)(F)F)nc(CCNC(=O)C2(c3ccc(Cl)cc3)CCCC2)n1. The largest absolute Gasteiger partial charge is 0.433 e. The van der Waals surface area contributed by atoms with Gasteiger partial charge in [-0.15, -0.1) is 0 Å². The van der Waals surface area contributed by atoms with Crippen molar-refractivity contribution in [3.05, 3.63) is 58.1 Å². The third-order valence-corrected chi connectivity index (χ3v) is 5.37. The molecule has 4 nitrogen and oxygen atoms in total. The van der Waals surface area contributed by atoms with E-state index in [2.05, 4.69) is 15.3 Å². The maximum Gasteiger partial charge on any atom is 0.433 e. The van der Waals surface area contributed by atoms with Gasteiger partial charge >= 0.3 is 6.18 Å². The van der Waals surface area contributed by atoms with Crippen LogP contribution in [0.1, 0.15) is 48.5 Å². The molecule has 1 aromatic carbocycles. The van der Waals surface area contributed by atoms with Crippen molar-refractivity contribution >= 4 is 17.5 Å². The van der Waals surface area contributed by atoms with Crippen molar-refractivity contribution in [3.8, 4) is 0 Å². The number of hydrogen-bond donors (Lipinski definition) is 1. The Bertz CT molecular complexity index is 847. The fraction of sp³-hybridized carbons (Fsp3) is 0.450. The molecular weight excluding hydrogens is 391 g/mol. The second-order valence-electron chi connectivity index (χ2n) is 7.11. The average Bonchev–Trinajstić information content (AvgIpc) is 3.12. The maximum absolute atomic E-state index is 13.0. The van der Waals surface area contributed by atoms with Crippen LogP contribution in [-0.2, 0) is 22.8 Å². The number of amides is 1. The summed E-state index contributed by atoms with van der Waals surface area (Å²) in [5.74, 6) is -0.0457. The van der Waals surface area contributed by atoms with Crippen LogP contribution in [0, 0.1) is 6.92 Å². The lowest BCUT2D eigenvalue weighted by Crippen LogP contribution is -2.43. The van der Waals surface area contributed by atoms with Crippen molar-refractivity contribution in [2.45, 2.75) is 50.6 Å². The molecule has 28 heavy (non-hydrogen) atoms. The van der Waals surface area contributed by atoms with Crippen molar-refractivity contribution < 1.29 is 18.0 Å². The summed E-state index contributed by atoms with van der Waals surface area (Å²) in [6, 6.07) is 8.18. The van der Waals surface area contributed by atoms with E-state index in [1.54, 1.807) is 12.1 Å². The van der Waals surface area contributed by atoms with Crippen LogP contribution in [-0.4, -0.2) is 22.4 Å². The van der Waals surface area contributed by atoms with Gasteiger partial charge in [0.15, 0.2) is 0 Å². The van der Waals surface area contributed by atoms with Gasteiger partial charge < -0.3 is 5.32 Å². The third kappa shape index (κ3) is 4.46. The summed E-state index contributed by atoms with van der Waals surface area (Å²) in [5, 5.41) is 3.48. The van der Waals surface area contributed by atoms with Gasteiger partial charge in [0.25, 0.3) is 0 Å². The second-order valence-corrected chi connectivity index (χ2v) is 7.55. The summed E-state index contributed by atoms with van der Waals surface area (Å²) >= 11 is 5.96. The molecule has 1 aromatic heterocycles. The molecular formula is C20H21ClF3N3O. The summed E-state index contributed by atoms with van der Waals surface area (Å²) in [5.41, 5.74) is -0.417. The summed E-state index contributed by atoms with van der Waals surface area (Å²) in [4.78, 5) is 20.6. The molecule has 1 fully saturated rings. The normalized spacial score (nSPS) is 16.2. The molecule has 2 aromatic rings. The number of carbonyl (C=O) groups is 1. The minimum absolute atomic E-state index is 0.0691. The number of benzene rings is 1. The zero-order valence-corrected chi connectivity index (χ0v) is 16.2. The summed E-state index contributed by atoms with van der Waals surface area (Å²) in [6.45, 7) is 1.67. The Kier molecular flexibility index (Phi) is 5.93. The van der Waals surface area contributed by atoms with E-state index in [0.29, 0.717) is 5.02 Å². The van der Waals surface area contributed by atoms with E-state index in [9.17, 15) is 18.0 Å². The molecule has 0 aliphatic heterocycles. The number of aryl methyl sites for hydroxylation is 1. The lowest BCUT2D eigenvalue weighted by Gasteiger charge is -2.28. The van der Waals surface area contributed by atoms with Gasteiger partial charge in [-0.05, 0) is 43.5 Å². The summed E-state index contributed by atoms with van der Waals surface area (Å²) in [7, 11) is 0. The van der Waals surface area contributed by atoms with Gasteiger partial charge in [0.1, 0.15) is 11.5 Å². The van der Waals surface area contributed by atoms with Gasteiger partial charge in [0.05, 0.1) is 5.41 Å². The monoisotopic (exact) mass is 411 g/mol. The van der Waals surface area contributed by atoms with Crippen LogP contribution in [0.4, 0.5) is 13.2 Å².